The number of rotatable bonds is 5. The van der Waals surface area contributed by atoms with E-state index in [2.05, 4.69) is 11.3 Å². The van der Waals surface area contributed by atoms with E-state index in [9.17, 15) is 13.2 Å². The fraction of sp³-hybridized carbons (Fsp3) is 0.462. The van der Waals surface area contributed by atoms with Gasteiger partial charge in [-0.05, 0) is 30.2 Å². The van der Waals surface area contributed by atoms with Crippen LogP contribution in [0.1, 0.15) is 22.5 Å². The van der Waals surface area contributed by atoms with Gasteiger partial charge < -0.3 is 4.90 Å². The van der Waals surface area contributed by atoms with E-state index in [0.29, 0.717) is 13.1 Å². The van der Waals surface area contributed by atoms with Gasteiger partial charge in [-0.15, -0.1) is 11.3 Å². The molecule has 7 heteroatoms. The Labute approximate surface area is 123 Å². The summed E-state index contributed by atoms with van der Waals surface area (Å²) in [5, 5.41) is 2.79. The summed E-state index contributed by atoms with van der Waals surface area (Å²) in [7, 11) is -3.39. The molecule has 2 rings (SSSR count). The van der Waals surface area contributed by atoms with E-state index in [1.165, 1.54) is 11.3 Å². The number of piperidine rings is 1. The van der Waals surface area contributed by atoms with Crippen molar-refractivity contribution in [1.29, 1.82) is 0 Å². The number of carbonyl (C=O) groups excluding carboxylic acids is 1. The molecule has 1 aromatic rings. The number of amides is 1. The molecule has 1 saturated heterocycles. The van der Waals surface area contributed by atoms with Crippen LogP contribution in [-0.4, -0.2) is 38.9 Å². The maximum absolute atomic E-state index is 12.2. The molecule has 0 radical (unpaired) electrons. The molecule has 0 bridgehead atoms. The van der Waals surface area contributed by atoms with E-state index in [1.807, 2.05) is 22.4 Å². The van der Waals surface area contributed by atoms with E-state index in [1.54, 1.807) is 0 Å². The van der Waals surface area contributed by atoms with Crippen LogP contribution in [0.25, 0.3) is 0 Å². The summed E-state index contributed by atoms with van der Waals surface area (Å²) in [4.78, 5) is 14.8. The number of nitrogens with zero attached hydrogens (tertiary/aromatic N) is 1. The van der Waals surface area contributed by atoms with Crippen molar-refractivity contribution in [1.82, 2.24) is 9.62 Å². The minimum Gasteiger partial charge on any atom is -0.338 e. The summed E-state index contributed by atoms with van der Waals surface area (Å²) in [6.45, 7) is 4.94. The van der Waals surface area contributed by atoms with Crippen LogP contribution >= 0.6 is 11.3 Å². The van der Waals surface area contributed by atoms with Gasteiger partial charge in [0.05, 0.1) is 4.88 Å². The molecule has 0 spiro atoms. The van der Waals surface area contributed by atoms with Crippen LogP contribution in [-0.2, 0) is 10.0 Å². The summed E-state index contributed by atoms with van der Waals surface area (Å²) in [6, 6.07) is 3.68. The van der Waals surface area contributed by atoms with Gasteiger partial charge in [0.2, 0.25) is 10.0 Å². The smallest absolute Gasteiger partial charge is 0.263 e. The molecule has 2 heterocycles. The van der Waals surface area contributed by atoms with Crippen LogP contribution in [0.2, 0.25) is 0 Å². The van der Waals surface area contributed by atoms with Gasteiger partial charge in [-0.3, -0.25) is 4.79 Å². The lowest BCUT2D eigenvalue weighted by Gasteiger charge is -2.32. The summed E-state index contributed by atoms with van der Waals surface area (Å²) in [5.74, 6) is 0.193. The minimum atomic E-state index is -3.39. The zero-order valence-corrected chi connectivity index (χ0v) is 12.8. The molecule has 1 aliphatic rings. The molecule has 110 valence electrons. The molecule has 1 aliphatic heterocycles. The molecule has 1 amide bonds. The molecule has 0 aliphatic carbocycles. The van der Waals surface area contributed by atoms with E-state index >= 15 is 0 Å². The third-order valence-electron chi connectivity index (χ3n) is 3.33. The minimum absolute atomic E-state index is 0.0382. The SMILES string of the molecule is C=CS(=O)(=O)NCC1CCCN(C(=O)c2cccs2)C1. The first kappa shape index (κ1) is 15.2. The van der Waals surface area contributed by atoms with Crippen molar-refractivity contribution in [2.75, 3.05) is 19.6 Å². The second kappa shape index (κ2) is 6.51. The second-order valence-corrected chi connectivity index (χ2v) is 7.46. The van der Waals surface area contributed by atoms with Gasteiger partial charge in [-0.2, -0.15) is 0 Å². The van der Waals surface area contributed by atoms with Gasteiger partial charge in [0, 0.05) is 25.0 Å². The van der Waals surface area contributed by atoms with E-state index in [-0.39, 0.29) is 11.8 Å². The third kappa shape index (κ3) is 3.91. The molecule has 0 saturated carbocycles. The topological polar surface area (TPSA) is 66.5 Å². The average Bonchev–Trinajstić information content (AvgIpc) is 2.99. The number of carbonyl (C=O) groups is 1. The van der Waals surface area contributed by atoms with Crippen LogP contribution in [0.3, 0.4) is 0 Å². The molecule has 1 N–H and O–H groups in total. The fourth-order valence-electron chi connectivity index (χ4n) is 2.27. The van der Waals surface area contributed by atoms with Gasteiger partial charge in [-0.25, -0.2) is 13.1 Å². The zero-order chi connectivity index (χ0) is 14.6. The van der Waals surface area contributed by atoms with Crippen LogP contribution in [0.4, 0.5) is 0 Å². The number of hydrogen-bond donors (Lipinski definition) is 1. The number of nitrogens with one attached hydrogen (secondary N) is 1. The fourth-order valence-corrected chi connectivity index (χ4v) is 3.54. The lowest BCUT2D eigenvalue weighted by molar-refractivity contribution is 0.0681. The summed E-state index contributed by atoms with van der Waals surface area (Å²) < 4.78 is 25.2. The first-order valence-corrected chi connectivity index (χ1v) is 8.89. The van der Waals surface area contributed by atoms with Crippen molar-refractivity contribution in [2.45, 2.75) is 12.8 Å². The second-order valence-electron chi connectivity index (χ2n) is 4.80. The number of likely N-dealkylation sites (tertiary alicyclic amines) is 1. The Bertz CT molecular complexity index is 566. The number of sulfonamides is 1. The number of thiophene rings is 1. The van der Waals surface area contributed by atoms with Crippen molar-refractivity contribution in [3.05, 3.63) is 34.4 Å². The molecule has 5 nitrogen and oxygen atoms in total. The highest BCUT2D eigenvalue weighted by Crippen LogP contribution is 2.20. The van der Waals surface area contributed by atoms with Crippen LogP contribution in [0.5, 0.6) is 0 Å². The van der Waals surface area contributed by atoms with Crippen molar-refractivity contribution in [3.63, 3.8) is 0 Å². The largest absolute Gasteiger partial charge is 0.338 e. The third-order valence-corrected chi connectivity index (χ3v) is 5.20. The number of hydrogen-bond acceptors (Lipinski definition) is 4. The summed E-state index contributed by atoms with van der Waals surface area (Å²) in [6.07, 6.45) is 1.82. The highest BCUT2D eigenvalue weighted by molar-refractivity contribution is 7.92. The molecule has 1 unspecified atom stereocenters. The molecule has 20 heavy (non-hydrogen) atoms. The molecule has 0 aromatic carbocycles. The molecule has 1 fully saturated rings. The van der Waals surface area contributed by atoms with Gasteiger partial charge in [-0.1, -0.05) is 12.6 Å². The van der Waals surface area contributed by atoms with Crippen LogP contribution in [0.15, 0.2) is 29.5 Å². The molecule has 1 aromatic heterocycles. The molecular formula is C13H18N2O3S2. The quantitative estimate of drug-likeness (QED) is 0.899. The van der Waals surface area contributed by atoms with Gasteiger partial charge in [0.25, 0.3) is 5.91 Å². The Morgan fingerprint density at radius 2 is 2.40 bits per heavy atom. The van der Waals surface area contributed by atoms with Crippen molar-refractivity contribution < 1.29 is 13.2 Å². The maximum Gasteiger partial charge on any atom is 0.263 e. The Morgan fingerprint density at radius 3 is 3.05 bits per heavy atom. The Morgan fingerprint density at radius 1 is 1.60 bits per heavy atom. The van der Waals surface area contributed by atoms with E-state index in [0.717, 1.165) is 29.7 Å². The van der Waals surface area contributed by atoms with Gasteiger partial charge in [0.1, 0.15) is 0 Å². The standard InChI is InChI=1S/C13H18N2O3S2/c1-2-20(17,18)14-9-11-5-3-7-15(10-11)13(16)12-6-4-8-19-12/h2,4,6,8,11,14H,1,3,5,7,9-10H2. The predicted molar refractivity (Wildman–Crippen MR) is 80.1 cm³/mol. The van der Waals surface area contributed by atoms with E-state index in [4.69, 9.17) is 0 Å². The predicted octanol–water partition coefficient (Wildman–Crippen LogP) is 1.66. The zero-order valence-electron chi connectivity index (χ0n) is 11.1. The Hall–Kier alpha value is -1.18. The van der Waals surface area contributed by atoms with E-state index < -0.39 is 10.0 Å². The Kier molecular flexibility index (Phi) is 4.95. The average molecular weight is 314 g/mol. The van der Waals surface area contributed by atoms with Crippen LogP contribution in [0, 0.1) is 5.92 Å². The Balaban J connectivity index is 1.92. The summed E-state index contributed by atoms with van der Waals surface area (Å²) in [5.41, 5.74) is 0. The first-order valence-electron chi connectivity index (χ1n) is 6.47. The first-order chi connectivity index (χ1) is 9.52. The van der Waals surface area contributed by atoms with Crippen molar-refractivity contribution in [3.8, 4) is 0 Å². The normalized spacial score (nSPS) is 19.8. The van der Waals surface area contributed by atoms with Crippen molar-refractivity contribution in [2.24, 2.45) is 5.92 Å². The maximum atomic E-state index is 12.2. The van der Waals surface area contributed by atoms with Gasteiger partial charge >= 0.3 is 0 Å². The van der Waals surface area contributed by atoms with Crippen molar-refractivity contribution >= 4 is 27.3 Å². The highest BCUT2D eigenvalue weighted by Gasteiger charge is 2.25. The lowest BCUT2D eigenvalue weighted by atomic mass is 9.98. The highest BCUT2D eigenvalue weighted by atomic mass is 32.2. The molecular weight excluding hydrogens is 296 g/mol. The molecule has 1 atom stereocenters. The van der Waals surface area contributed by atoms with Crippen LogP contribution < -0.4 is 4.72 Å². The van der Waals surface area contributed by atoms with Gasteiger partial charge in [0.15, 0.2) is 0 Å². The monoisotopic (exact) mass is 314 g/mol. The lowest BCUT2D eigenvalue weighted by Crippen LogP contribution is -2.43. The summed E-state index contributed by atoms with van der Waals surface area (Å²) >= 11 is 1.43.